The maximum atomic E-state index is 12.6. The first kappa shape index (κ1) is 19.7. The van der Waals surface area contributed by atoms with E-state index < -0.39 is 18.7 Å². The van der Waals surface area contributed by atoms with Gasteiger partial charge in [-0.05, 0) is 36.9 Å². The predicted octanol–water partition coefficient (Wildman–Crippen LogP) is 6.01. The predicted molar refractivity (Wildman–Crippen MR) is 85.8 cm³/mol. The Morgan fingerprint density at radius 1 is 1.23 bits per heavy atom. The van der Waals surface area contributed by atoms with Crippen LogP contribution in [0.1, 0.15) is 20.3 Å². The molecule has 3 nitrogen and oxygen atoms in total. The topological polar surface area (TPSA) is 35.5 Å². The van der Waals surface area contributed by atoms with Gasteiger partial charge in [-0.1, -0.05) is 19.1 Å². The summed E-state index contributed by atoms with van der Waals surface area (Å²) in [7, 11) is 0. The summed E-state index contributed by atoms with van der Waals surface area (Å²) in [6.07, 6.45) is -3.49. The molecule has 0 radical (unpaired) electrons. The molecule has 1 atom stereocenters. The van der Waals surface area contributed by atoms with Crippen LogP contribution in [0.25, 0.3) is 0 Å². The standard InChI is InChI=1S/C13H18F3O3PS2/c1-3-9-22-20(17,18-4-2)19-11-7-5-6-8-12(11)21-10-13(14,15)16/h5-8H,3-4,9-10H2,1-2H3. The molecule has 0 spiro atoms. The molecule has 0 fully saturated rings. The van der Waals surface area contributed by atoms with Gasteiger partial charge in [0.15, 0.2) is 0 Å². The second-order valence-corrected chi connectivity index (χ2v) is 9.28. The van der Waals surface area contributed by atoms with E-state index in [2.05, 4.69) is 0 Å². The van der Waals surface area contributed by atoms with E-state index in [1.165, 1.54) is 12.1 Å². The zero-order valence-electron chi connectivity index (χ0n) is 12.3. The minimum Gasteiger partial charge on any atom is -0.416 e. The summed E-state index contributed by atoms with van der Waals surface area (Å²) in [5, 5.41) is 0. The fourth-order valence-corrected chi connectivity index (χ4v) is 5.64. The lowest BCUT2D eigenvalue weighted by atomic mass is 10.3. The molecular formula is C13H18F3O3PS2. The third kappa shape index (κ3) is 7.31. The molecule has 0 heterocycles. The van der Waals surface area contributed by atoms with Crippen molar-refractivity contribution in [2.24, 2.45) is 0 Å². The maximum absolute atomic E-state index is 12.6. The fraction of sp³-hybridized carbons (Fsp3) is 0.538. The van der Waals surface area contributed by atoms with Crippen molar-refractivity contribution < 1.29 is 26.8 Å². The molecule has 1 rings (SSSR count). The molecule has 0 bridgehead atoms. The van der Waals surface area contributed by atoms with Gasteiger partial charge in [-0.15, -0.1) is 11.8 Å². The summed E-state index contributed by atoms with van der Waals surface area (Å²) in [6, 6.07) is 6.23. The molecular weight excluding hydrogens is 356 g/mol. The average molecular weight is 374 g/mol. The first-order valence-corrected chi connectivity index (χ1v) is 10.8. The molecule has 0 saturated heterocycles. The summed E-state index contributed by atoms with van der Waals surface area (Å²) in [5.41, 5.74) is 0. The van der Waals surface area contributed by atoms with Crippen molar-refractivity contribution in [3.8, 4) is 5.75 Å². The van der Waals surface area contributed by atoms with Gasteiger partial charge in [-0.3, -0.25) is 4.52 Å². The van der Waals surface area contributed by atoms with Crippen LogP contribution < -0.4 is 4.52 Å². The van der Waals surface area contributed by atoms with Crippen molar-refractivity contribution in [3.05, 3.63) is 24.3 Å². The number of rotatable bonds is 9. The highest BCUT2D eigenvalue weighted by molar-refractivity contribution is 8.55. The lowest BCUT2D eigenvalue weighted by molar-refractivity contribution is -0.105. The summed E-state index contributed by atoms with van der Waals surface area (Å²) in [6.45, 7) is 0.388. The van der Waals surface area contributed by atoms with Crippen molar-refractivity contribution in [2.45, 2.75) is 31.3 Å². The van der Waals surface area contributed by atoms with E-state index in [9.17, 15) is 17.7 Å². The van der Waals surface area contributed by atoms with Crippen molar-refractivity contribution in [3.63, 3.8) is 0 Å². The van der Waals surface area contributed by atoms with Crippen LogP contribution in [0.5, 0.6) is 5.75 Å². The number of hydrogen-bond donors (Lipinski definition) is 0. The normalized spacial score (nSPS) is 14.6. The number of alkyl halides is 3. The molecule has 126 valence electrons. The van der Waals surface area contributed by atoms with Crippen molar-refractivity contribution >= 4 is 29.9 Å². The van der Waals surface area contributed by atoms with Crippen LogP contribution >= 0.6 is 29.9 Å². The Hall–Kier alpha value is -0.300. The van der Waals surface area contributed by atoms with E-state index in [0.29, 0.717) is 17.5 Å². The molecule has 1 aromatic carbocycles. The quantitative estimate of drug-likeness (QED) is 0.391. The van der Waals surface area contributed by atoms with Gasteiger partial charge in [-0.2, -0.15) is 13.2 Å². The smallest absolute Gasteiger partial charge is 0.416 e. The van der Waals surface area contributed by atoms with Crippen LogP contribution in [0.3, 0.4) is 0 Å². The van der Waals surface area contributed by atoms with E-state index in [4.69, 9.17) is 9.05 Å². The number of para-hydroxylation sites is 1. The van der Waals surface area contributed by atoms with E-state index in [1.807, 2.05) is 6.92 Å². The van der Waals surface area contributed by atoms with Crippen molar-refractivity contribution in [2.75, 3.05) is 18.1 Å². The zero-order chi connectivity index (χ0) is 16.6. The zero-order valence-corrected chi connectivity index (χ0v) is 14.8. The van der Waals surface area contributed by atoms with Crippen molar-refractivity contribution in [1.82, 2.24) is 0 Å². The van der Waals surface area contributed by atoms with Crippen LogP contribution in [0.15, 0.2) is 29.2 Å². The van der Waals surface area contributed by atoms with Gasteiger partial charge in [0.25, 0.3) is 0 Å². The van der Waals surface area contributed by atoms with Gasteiger partial charge < -0.3 is 4.52 Å². The Labute approximate surface area is 136 Å². The van der Waals surface area contributed by atoms with Crippen LogP contribution in [0.2, 0.25) is 0 Å². The molecule has 0 aromatic heterocycles. The van der Waals surface area contributed by atoms with Crippen LogP contribution in [-0.2, 0) is 9.09 Å². The summed E-state index contributed by atoms with van der Waals surface area (Å²) in [5.74, 6) is -0.305. The maximum Gasteiger partial charge on any atom is 0.440 e. The third-order valence-corrected chi connectivity index (χ3v) is 7.25. The lowest BCUT2D eigenvalue weighted by Crippen LogP contribution is -2.10. The molecule has 22 heavy (non-hydrogen) atoms. The first-order valence-electron chi connectivity index (χ1n) is 6.67. The van der Waals surface area contributed by atoms with Gasteiger partial charge in [0.05, 0.1) is 17.3 Å². The van der Waals surface area contributed by atoms with Gasteiger partial charge in [0.2, 0.25) is 0 Å². The second kappa shape index (κ2) is 9.11. The number of thioether (sulfide) groups is 1. The van der Waals surface area contributed by atoms with E-state index in [1.54, 1.807) is 19.1 Å². The SMILES string of the molecule is CCCSP(=O)(OCC)Oc1ccccc1SCC(F)(F)F. The van der Waals surface area contributed by atoms with Crippen LogP contribution in [0.4, 0.5) is 13.2 Å². The third-order valence-electron chi connectivity index (χ3n) is 2.19. The Morgan fingerprint density at radius 3 is 2.50 bits per heavy atom. The van der Waals surface area contributed by atoms with E-state index >= 15 is 0 Å². The van der Waals surface area contributed by atoms with E-state index in [0.717, 1.165) is 17.8 Å². The van der Waals surface area contributed by atoms with E-state index in [-0.39, 0.29) is 17.3 Å². The molecule has 0 aliphatic rings. The van der Waals surface area contributed by atoms with Gasteiger partial charge in [0, 0.05) is 5.75 Å². The van der Waals surface area contributed by atoms with Crippen molar-refractivity contribution in [1.29, 1.82) is 0 Å². The number of halogens is 3. The molecule has 9 heteroatoms. The molecule has 1 unspecified atom stereocenters. The van der Waals surface area contributed by atoms with Gasteiger partial charge in [-0.25, -0.2) is 4.57 Å². The van der Waals surface area contributed by atoms with Crippen LogP contribution in [0, 0.1) is 0 Å². The molecule has 0 amide bonds. The minimum absolute atomic E-state index is 0.150. The Morgan fingerprint density at radius 2 is 1.91 bits per heavy atom. The minimum atomic E-state index is -4.28. The Bertz CT molecular complexity index is 512. The fourth-order valence-electron chi connectivity index (χ4n) is 1.38. The highest BCUT2D eigenvalue weighted by atomic mass is 32.7. The lowest BCUT2D eigenvalue weighted by Gasteiger charge is -2.19. The number of hydrogen-bond acceptors (Lipinski definition) is 5. The van der Waals surface area contributed by atoms with Gasteiger partial charge in [0.1, 0.15) is 5.75 Å². The molecule has 0 saturated carbocycles. The summed E-state index contributed by atoms with van der Waals surface area (Å²) < 4.78 is 60.3. The summed E-state index contributed by atoms with van der Waals surface area (Å²) >= 11 is 1.66. The molecule has 0 aliphatic heterocycles. The highest BCUT2D eigenvalue weighted by Gasteiger charge is 2.30. The molecule has 0 aliphatic carbocycles. The number of benzene rings is 1. The second-order valence-electron chi connectivity index (χ2n) is 4.14. The van der Waals surface area contributed by atoms with Crippen LogP contribution in [-0.4, -0.2) is 24.3 Å². The monoisotopic (exact) mass is 374 g/mol. The molecule has 1 aromatic rings. The highest BCUT2D eigenvalue weighted by Crippen LogP contribution is 2.61. The summed E-state index contributed by atoms with van der Waals surface area (Å²) in [4.78, 5) is 0.289. The Balaban J connectivity index is 2.88. The average Bonchev–Trinajstić information content (AvgIpc) is 2.44. The van der Waals surface area contributed by atoms with Gasteiger partial charge >= 0.3 is 13.0 Å². The molecule has 0 N–H and O–H groups in total. The first-order chi connectivity index (χ1) is 10.3. The largest absolute Gasteiger partial charge is 0.440 e. The Kier molecular flexibility index (Phi) is 8.17.